The van der Waals surface area contributed by atoms with E-state index in [2.05, 4.69) is 5.32 Å². The summed E-state index contributed by atoms with van der Waals surface area (Å²) in [4.78, 5) is 23.9. The molecule has 0 unspecified atom stereocenters. The van der Waals surface area contributed by atoms with Crippen LogP contribution in [0.25, 0.3) is 11.0 Å². The van der Waals surface area contributed by atoms with Gasteiger partial charge in [-0.3, -0.25) is 13.9 Å². The van der Waals surface area contributed by atoms with Gasteiger partial charge in [0.05, 0.1) is 11.0 Å². The van der Waals surface area contributed by atoms with Gasteiger partial charge in [-0.25, -0.2) is 13.6 Å². The van der Waals surface area contributed by atoms with Gasteiger partial charge in [-0.1, -0.05) is 6.07 Å². The lowest BCUT2D eigenvalue weighted by molar-refractivity contribution is 0.0950. The third-order valence-electron chi connectivity index (χ3n) is 3.97. The number of hydrogen-bond acceptors (Lipinski definition) is 2. The summed E-state index contributed by atoms with van der Waals surface area (Å²) in [5.41, 5.74) is 2.25. The van der Waals surface area contributed by atoms with Gasteiger partial charge in [0.15, 0.2) is 11.6 Å². The van der Waals surface area contributed by atoms with Gasteiger partial charge in [0.1, 0.15) is 0 Å². The lowest BCUT2D eigenvalue weighted by Gasteiger charge is -2.06. The summed E-state index contributed by atoms with van der Waals surface area (Å²) in [5, 5.41) is 2.65. The highest BCUT2D eigenvalue weighted by molar-refractivity contribution is 5.94. The number of imidazole rings is 1. The summed E-state index contributed by atoms with van der Waals surface area (Å²) < 4.78 is 29.1. The number of aryl methyl sites for hydroxylation is 2. The van der Waals surface area contributed by atoms with Crippen LogP contribution in [0.4, 0.5) is 8.78 Å². The Balaban J connectivity index is 1.80. The van der Waals surface area contributed by atoms with E-state index in [1.807, 2.05) is 6.07 Å². The third kappa shape index (κ3) is 2.68. The van der Waals surface area contributed by atoms with Crippen molar-refractivity contribution in [1.29, 1.82) is 0 Å². The Labute approximate surface area is 136 Å². The van der Waals surface area contributed by atoms with Crippen LogP contribution in [0, 0.1) is 11.6 Å². The van der Waals surface area contributed by atoms with Crippen molar-refractivity contribution in [2.24, 2.45) is 14.1 Å². The average molecular weight is 331 g/mol. The quantitative estimate of drug-likeness (QED) is 0.799. The molecule has 7 heteroatoms. The first-order valence-corrected chi connectivity index (χ1v) is 7.26. The van der Waals surface area contributed by atoms with E-state index >= 15 is 0 Å². The van der Waals surface area contributed by atoms with Crippen molar-refractivity contribution in [3.05, 3.63) is 69.6 Å². The second-order valence-electron chi connectivity index (χ2n) is 5.54. The van der Waals surface area contributed by atoms with Gasteiger partial charge in [0, 0.05) is 26.2 Å². The zero-order valence-electron chi connectivity index (χ0n) is 13.1. The molecule has 2 aromatic carbocycles. The zero-order valence-corrected chi connectivity index (χ0v) is 13.1. The van der Waals surface area contributed by atoms with Gasteiger partial charge >= 0.3 is 5.69 Å². The molecule has 0 atom stereocenters. The lowest BCUT2D eigenvalue weighted by atomic mass is 10.1. The van der Waals surface area contributed by atoms with Gasteiger partial charge < -0.3 is 5.32 Å². The topological polar surface area (TPSA) is 56.0 Å². The number of carbonyl (C=O) groups excluding carboxylic acids is 1. The Hall–Kier alpha value is -2.96. The summed E-state index contributed by atoms with van der Waals surface area (Å²) in [6.07, 6.45) is 0. The van der Waals surface area contributed by atoms with Crippen LogP contribution >= 0.6 is 0 Å². The Bertz CT molecular complexity index is 1000. The van der Waals surface area contributed by atoms with Crippen LogP contribution in [0.2, 0.25) is 0 Å². The van der Waals surface area contributed by atoms with Gasteiger partial charge in [-0.05, 0) is 35.9 Å². The van der Waals surface area contributed by atoms with E-state index in [4.69, 9.17) is 0 Å². The summed E-state index contributed by atoms with van der Waals surface area (Å²) in [6.45, 7) is 0.205. The predicted octanol–water partition coefficient (Wildman–Crippen LogP) is 2.09. The number of amides is 1. The van der Waals surface area contributed by atoms with Crippen LogP contribution in [0.3, 0.4) is 0 Å². The van der Waals surface area contributed by atoms with Crippen molar-refractivity contribution in [2.75, 3.05) is 0 Å². The van der Waals surface area contributed by atoms with Crippen LogP contribution in [0.15, 0.2) is 41.2 Å². The van der Waals surface area contributed by atoms with E-state index < -0.39 is 17.5 Å². The molecule has 5 nitrogen and oxygen atoms in total. The van der Waals surface area contributed by atoms with E-state index in [1.165, 1.54) is 10.6 Å². The standard InChI is InChI=1S/C17H15F2N3O2/c1-21-14-6-3-10(7-15(14)22(2)17(21)24)9-20-16(23)11-4-5-12(18)13(19)8-11/h3-8H,9H2,1-2H3,(H,20,23). The van der Waals surface area contributed by atoms with Crippen LogP contribution in [0.1, 0.15) is 15.9 Å². The minimum Gasteiger partial charge on any atom is -0.348 e. The highest BCUT2D eigenvalue weighted by atomic mass is 19.2. The van der Waals surface area contributed by atoms with Crippen molar-refractivity contribution in [3.63, 3.8) is 0 Å². The maximum Gasteiger partial charge on any atom is 0.328 e. The van der Waals surface area contributed by atoms with Crippen LogP contribution < -0.4 is 11.0 Å². The van der Waals surface area contributed by atoms with Gasteiger partial charge in [0.25, 0.3) is 5.91 Å². The first-order valence-electron chi connectivity index (χ1n) is 7.26. The van der Waals surface area contributed by atoms with E-state index in [9.17, 15) is 18.4 Å². The van der Waals surface area contributed by atoms with Crippen LogP contribution in [-0.4, -0.2) is 15.0 Å². The normalized spacial score (nSPS) is 11.0. The number of rotatable bonds is 3. The highest BCUT2D eigenvalue weighted by Crippen LogP contribution is 2.14. The number of aromatic nitrogens is 2. The second-order valence-corrected chi connectivity index (χ2v) is 5.54. The lowest BCUT2D eigenvalue weighted by Crippen LogP contribution is -2.23. The number of nitrogens with one attached hydrogen (secondary N) is 1. The van der Waals surface area contributed by atoms with Crippen molar-refractivity contribution < 1.29 is 13.6 Å². The van der Waals surface area contributed by atoms with E-state index in [0.717, 1.165) is 28.7 Å². The second kappa shape index (κ2) is 5.92. The summed E-state index contributed by atoms with van der Waals surface area (Å²) in [5.74, 6) is -2.57. The molecular weight excluding hydrogens is 316 g/mol. The maximum absolute atomic E-state index is 13.2. The zero-order chi connectivity index (χ0) is 17.4. The smallest absolute Gasteiger partial charge is 0.328 e. The predicted molar refractivity (Wildman–Crippen MR) is 85.7 cm³/mol. The first kappa shape index (κ1) is 15.9. The van der Waals surface area contributed by atoms with Crippen molar-refractivity contribution in [3.8, 4) is 0 Å². The fourth-order valence-corrected chi connectivity index (χ4v) is 2.58. The molecular formula is C17H15F2N3O2. The van der Waals surface area contributed by atoms with Crippen molar-refractivity contribution >= 4 is 16.9 Å². The minimum absolute atomic E-state index is 0.0436. The summed E-state index contributed by atoms with van der Waals surface area (Å²) in [7, 11) is 3.36. The molecule has 0 saturated heterocycles. The number of fused-ring (bicyclic) bond motifs is 1. The van der Waals surface area contributed by atoms with E-state index in [-0.39, 0.29) is 17.8 Å². The molecule has 0 fully saturated rings. The molecule has 0 aliphatic carbocycles. The molecule has 1 amide bonds. The molecule has 0 radical (unpaired) electrons. The SMILES string of the molecule is Cn1c(=O)n(C)c2cc(CNC(=O)c3ccc(F)c(F)c3)ccc21. The highest BCUT2D eigenvalue weighted by Gasteiger charge is 2.11. The fraction of sp³-hybridized carbons (Fsp3) is 0.176. The van der Waals surface area contributed by atoms with Gasteiger partial charge in [-0.2, -0.15) is 0 Å². The minimum atomic E-state index is -1.07. The van der Waals surface area contributed by atoms with Crippen LogP contribution in [-0.2, 0) is 20.6 Å². The van der Waals surface area contributed by atoms with E-state index in [1.54, 1.807) is 30.8 Å². The van der Waals surface area contributed by atoms with Crippen LogP contribution in [0.5, 0.6) is 0 Å². The molecule has 1 N–H and O–H groups in total. The molecule has 0 aliphatic rings. The Kier molecular flexibility index (Phi) is 3.92. The van der Waals surface area contributed by atoms with Gasteiger partial charge in [-0.15, -0.1) is 0 Å². The molecule has 1 heterocycles. The maximum atomic E-state index is 13.2. The monoisotopic (exact) mass is 331 g/mol. The van der Waals surface area contributed by atoms with Crippen molar-refractivity contribution in [1.82, 2.24) is 14.5 Å². The number of carbonyl (C=O) groups is 1. The number of halogens is 2. The molecule has 0 aliphatic heterocycles. The number of nitrogens with zero attached hydrogens (tertiary/aromatic N) is 2. The molecule has 1 aromatic heterocycles. The summed E-state index contributed by atoms with van der Waals surface area (Å²) >= 11 is 0. The van der Waals surface area contributed by atoms with E-state index in [0.29, 0.717) is 0 Å². The summed E-state index contributed by atoms with van der Waals surface area (Å²) in [6, 6.07) is 8.40. The molecule has 0 spiro atoms. The Morgan fingerprint density at radius 3 is 2.42 bits per heavy atom. The third-order valence-corrected chi connectivity index (χ3v) is 3.97. The first-order chi connectivity index (χ1) is 11.4. The Morgan fingerprint density at radius 1 is 1.00 bits per heavy atom. The van der Waals surface area contributed by atoms with Gasteiger partial charge in [0.2, 0.25) is 0 Å². The fourth-order valence-electron chi connectivity index (χ4n) is 2.58. The molecule has 124 valence electrons. The van der Waals surface area contributed by atoms with Crippen molar-refractivity contribution in [2.45, 2.75) is 6.54 Å². The number of benzene rings is 2. The molecule has 3 rings (SSSR count). The molecule has 3 aromatic rings. The molecule has 0 saturated carbocycles. The average Bonchev–Trinajstić information content (AvgIpc) is 2.79. The number of hydrogen-bond donors (Lipinski definition) is 1. The molecule has 24 heavy (non-hydrogen) atoms. The Morgan fingerprint density at radius 2 is 1.71 bits per heavy atom. The molecule has 0 bridgehead atoms. The largest absolute Gasteiger partial charge is 0.348 e.